The Kier molecular flexibility index (Phi) is 7.84. The first kappa shape index (κ1) is 30.2. The molecule has 51 heavy (non-hydrogen) atoms. The van der Waals surface area contributed by atoms with Gasteiger partial charge < -0.3 is 0 Å². The number of hydrogen-bond donors (Lipinski definition) is 0. The van der Waals surface area contributed by atoms with E-state index in [1.807, 2.05) is 18.2 Å². The second-order valence-electron chi connectivity index (χ2n) is 12.7. The molecule has 9 rings (SSSR count). The van der Waals surface area contributed by atoms with E-state index in [1.54, 1.807) is 0 Å². The lowest BCUT2D eigenvalue weighted by molar-refractivity contribution is 1.19. The Morgan fingerprint density at radius 3 is 1.25 bits per heavy atom. The third-order valence-corrected chi connectivity index (χ3v) is 9.41. The zero-order chi connectivity index (χ0) is 34.0. The molecule has 240 valence electrons. The number of benzene rings is 6. The normalized spacial score (nSPS) is 11.1. The van der Waals surface area contributed by atoms with Gasteiger partial charge in [0.05, 0.1) is 22.8 Å². The molecule has 0 bridgehead atoms. The van der Waals surface area contributed by atoms with Crippen molar-refractivity contribution in [1.82, 2.24) is 14.4 Å². The van der Waals surface area contributed by atoms with Crippen molar-refractivity contribution in [3.63, 3.8) is 0 Å². The predicted octanol–water partition coefficient (Wildman–Crippen LogP) is 12.4. The molecular weight excluding hydrogens is 619 g/mol. The molecule has 0 amide bonds. The average Bonchev–Trinajstić information content (AvgIpc) is 3.62. The van der Waals surface area contributed by atoms with Gasteiger partial charge in [0, 0.05) is 28.5 Å². The largest absolute Gasteiger partial charge is 0.299 e. The van der Waals surface area contributed by atoms with Gasteiger partial charge in [-0.1, -0.05) is 152 Å². The summed E-state index contributed by atoms with van der Waals surface area (Å²) in [4.78, 5) is 10.2. The zero-order valence-electron chi connectivity index (χ0n) is 27.9. The van der Waals surface area contributed by atoms with Crippen LogP contribution >= 0.6 is 0 Å². The van der Waals surface area contributed by atoms with E-state index in [4.69, 9.17) is 9.97 Å². The van der Waals surface area contributed by atoms with Crippen molar-refractivity contribution in [3.05, 3.63) is 200 Å². The van der Waals surface area contributed by atoms with Crippen LogP contribution in [0.4, 0.5) is 0 Å². The van der Waals surface area contributed by atoms with Crippen molar-refractivity contribution < 1.29 is 0 Å². The van der Waals surface area contributed by atoms with Crippen molar-refractivity contribution >= 4 is 5.65 Å². The molecule has 0 atom stereocenters. The molecule has 6 aromatic carbocycles. The molecule has 3 aromatic heterocycles. The van der Waals surface area contributed by atoms with Crippen LogP contribution in [0.1, 0.15) is 0 Å². The molecule has 0 aliphatic heterocycles. The fourth-order valence-corrected chi connectivity index (χ4v) is 6.86. The van der Waals surface area contributed by atoms with E-state index in [-0.39, 0.29) is 0 Å². The Balaban J connectivity index is 1.18. The van der Waals surface area contributed by atoms with Crippen LogP contribution in [0.25, 0.3) is 84.1 Å². The van der Waals surface area contributed by atoms with E-state index in [1.165, 1.54) is 11.1 Å². The fraction of sp³-hybridized carbons (Fsp3) is 0. The minimum Gasteiger partial charge on any atom is -0.299 e. The van der Waals surface area contributed by atoms with E-state index < -0.39 is 0 Å². The molecule has 0 saturated carbocycles. The first-order valence-electron chi connectivity index (χ1n) is 17.2. The Bertz CT molecular complexity index is 2530. The number of pyridine rings is 2. The second-order valence-corrected chi connectivity index (χ2v) is 12.7. The molecule has 9 aromatic rings. The monoisotopic (exact) mass is 651 g/mol. The molecule has 3 nitrogen and oxygen atoms in total. The summed E-state index contributed by atoms with van der Waals surface area (Å²) in [6, 6.07) is 68.3. The maximum Gasteiger partial charge on any atom is 0.137 e. The molecule has 3 heteroatoms. The Hall–Kier alpha value is -6.84. The van der Waals surface area contributed by atoms with E-state index in [9.17, 15) is 0 Å². The molecule has 0 N–H and O–H groups in total. The van der Waals surface area contributed by atoms with Crippen LogP contribution in [-0.2, 0) is 0 Å². The zero-order valence-corrected chi connectivity index (χ0v) is 27.9. The lowest BCUT2D eigenvalue weighted by Gasteiger charge is -2.14. The molecule has 0 aliphatic rings. The van der Waals surface area contributed by atoms with Gasteiger partial charge in [-0.25, -0.2) is 9.97 Å². The van der Waals surface area contributed by atoms with Gasteiger partial charge in [0.15, 0.2) is 0 Å². The van der Waals surface area contributed by atoms with Crippen molar-refractivity contribution in [1.29, 1.82) is 0 Å². The number of nitrogens with zero attached hydrogens (tertiary/aromatic N) is 3. The number of aromatic nitrogens is 3. The fourth-order valence-electron chi connectivity index (χ4n) is 6.86. The second kappa shape index (κ2) is 13.2. The summed E-state index contributed by atoms with van der Waals surface area (Å²) in [7, 11) is 0. The molecule has 0 unspecified atom stereocenters. The highest BCUT2D eigenvalue weighted by molar-refractivity contribution is 5.86. The average molecular weight is 652 g/mol. The third-order valence-electron chi connectivity index (χ3n) is 9.41. The number of rotatable bonds is 7. The molecule has 0 saturated heterocycles. The summed E-state index contributed by atoms with van der Waals surface area (Å²) >= 11 is 0. The summed E-state index contributed by atoms with van der Waals surface area (Å²) in [5.41, 5.74) is 16.2. The summed E-state index contributed by atoms with van der Waals surface area (Å²) in [6.45, 7) is 0. The van der Waals surface area contributed by atoms with Gasteiger partial charge in [-0.2, -0.15) is 0 Å². The highest BCUT2D eigenvalue weighted by Gasteiger charge is 2.17. The summed E-state index contributed by atoms with van der Waals surface area (Å²) < 4.78 is 2.18. The Morgan fingerprint density at radius 2 is 0.706 bits per heavy atom. The van der Waals surface area contributed by atoms with Crippen LogP contribution in [0.15, 0.2) is 200 Å². The van der Waals surface area contributed by atoms with Gasteiger partial charge >= 0.3 is 0 Å². The van der Waals surface area contributed by atoms with E-state index in [0.29, 0.717) is 0 Å². The predicted molar refractivity (Wildman–Crippen MR) is 211 cm³/mol. The third kappa shape index (κ3) is 6.03. The van der Waals surface area contributed by atoms with Gasteiger partial charge in [-0.3, -0.25) is 4.40 Å². The van der Waals surface area contributed by atoms with Crippen LogP contribution in [0.2, 0.25) is 0 Å². The van der Waals surface area contributed by atoms with Crippen molar-refractivity contribution in [2.45, 2.75) is 0 Å². The maximum atomic E-state index is 5.14. The van der Waals surface area contributed by atoms with Gasteiger partial charge in [0.25, 0.3) is 0 Å². The summed E-state index contributed by atoms with van der Waals surface area (Å²) in [5.74, 6) is 0. The minimum absolute atomic E-state index is 0.928. The quantitative estimate of drug-likeness (QED) is 0.172. The number of hydrogen-bond acceptors (Lipinski definition) is 2. The Morgan fingerprint density at radius 1 is 0.294 bits per heavy atom. The van der Waals surface area contributed by atoms with E-state index >= 15 is 0 Å². The molecular formula is C48H33N3. The molecule has 0 radical (unpaired) electrons. The van der Waals surface area contributed by atoms with Crippen LogP contribution < -0.4 is 0 Å². The highest BCUT2D eigenvalue weighted by atomic mass is 15.0. The first-order chi connectivity index (χ1) is 25.3. The number of fused-ring (bicyclic) bond motifs is 1. The molecule has 0 fully saturated rings. The topological polar surface area (TPSA) is 30.2 Å². The highest BCUT2D eigenvalue weighted by Crippen LogP contribution is 2.38. The number of imidazole rings is 1. The molecule has 0 spiro atoms. The van der Waals surface area contributed by atoms with Crippen LogP contribution in [-0.4, -0.2) is 14.4 Å². The van der Waals surface area contributed by atoms with Gasteiger partial charge in [0.2, 0.25) is 0 Å². The SMILES string of the molecule is c1ccc(-c2cc(-c3ccc(-c4nc5ccccn5c4-c4ccccc4)cc3)cc(-c3cc(-c4ccccc4)nc(-c4ccccc4)c3)c2)cc1. The lowest BCUT2D eigenvalue weighted by Crippen LogP contribution is -1.92. The maximum absolute atomic E-state index is 5.14. The summed E-state index contributed by atoms with van der Waals surface area (Å²) in [6.07, 6.45) is 2.09. The van der Waals surface area contributed by atoms with Gasteiger partial charge in [0.1, 0.15) is 5.65 Å². The van der Waals surface area contributed by atoms with Crippen LogP contribution in [0.5, 0.6) is 0 Å². The molecule has 0 aliphatic carbocycles. The van der Waals surface area contributed by atoms with Crippen LogP contribution in [0, 0.1) is 0 Å². The van der Waals surface area contributed by atoms with Crippen molar-refractivity contribution in [2.24, 2.45) is 0 Å². The van der Waals surface area contributed by atoms with Gasteiger partial charge in [-0.05, 0) is 75.8 Å². The molecule has 3 heterocycles. The lowest BCUT2D eigenvalue weighted by atomic mass is 9.92. The minimum atomic E-state index is 0.928. The van der Waals surface area contributed by atoms with Crippen LogP contribution in [0.3, 0.4) is 0 Å². The summed E-state index contributed by atoms with van der Waals surface area (Å²) in [5, 5.41) is 0. The first-order valence-corrected chi connectivity index (χ1v) is 17.2. The van der Waals surface area contributed by atoms with Gasteiger partial charge in [-0.15, -0.1) is 0 Å². The smallest absolute Gasteiger partial charge is 0.137 e. The van der Waals surface area contributed by atoms with Crippen molar-refractivity contribution in [3.8, 4) is 78.4 Å². The van der Waals surface area contributed by atoms with E-state index in [0.717, 1.165) is 72.9 Å². The Labute approximate surface area is 297 Å². The van der Waals surface area contributed by atoms with Crippen molar-refractivity contribution in [2.75, 3.05) is 0 Å². The standard InChI is InChI=1S/C48H33N3/c1-5-15-34(16-6-1)40-29-41(31-42(30-40)43-32-44(36-17-7-2-8-18-36)49-45(33-43)37-19-9-3-10-20-37)35-24-26-38(27-25-35)47-48(39-21-11-4-12-22-39)51-28-14-13-23-46(51)50-47/h1-33H. The van der Waals surface area contributed by atoms with E-state index in [2.05, 4.69) is 187 Å².